The fourth-order valence-electron chi connectivity index (χ4n) is 0.882. The molecular weight excluding hydrogens is 314 g/mol. The molecule has 1 aromatic carbocycles. The first-order valence-electron chi connectivity index (χ1n) is 3.90. The summed E-state index contributed by atoms with van der Waals surface area (Å²) in [6.07, 6.45) is 0. The Hall–Kier alpha value is -0.972. The van der Waals surface area contributed by atoms with Crippen LogP contribution < -0.4 is 8.25 Å². The number of carbonyl (C=O) groups is 1. The Morgan fingerprint density at radius 1 is 1.27 bits per heavy atom. The molecule has 0 amide bonds. The van der Waals surface area contributed by atoms with Gasteiger partial charge in [0.05, 0.1) is 0 Å². The Balaban J connectivity index is 2.73. The van der Waals surface area contributed by atoms with E-state index >= 15 is 0 Å². The Kier molecular flexibility index (Phi) is 3.79. The molecule has 0 saturated heterocycles. The van der Waals surface area contributed by atoms with E-state index in [4.69, 9.17) is 16.6 Å². The van der Waals surface area contributed by atoms with Gasteiger partial charge in [-0.25, -0.2) is 0 Å². The van der Waals surface area contributed by atoms with Crippen molar-refractivity contribution in [3.63, 3.8) is 0 Å². The van der Waals surface area contributed by atoms with Crippen molar-refractivity contribution in [1.29, 1.82) is 0 Å². The minimum atomic E-state index is -5.13. The van der Waals surface area contributed by atoms with Crippen LogP contribution in [-0.4, -0.2) is 44.1 Å². The van der Waals surface area contributed by atoms with Gasteiger partial charge in [0.2, 0.25) is 0 Å². The van der Waals surface area contributed by atoms with E-state index in [0.29, 0.717) is 0 Å². The molecule has 0 heterocycles. The average molecular weight is 323 g/mol. The zero-order valence-corrected chi connectivity index (χ0v) is 10.1. The molecule has 7 heteroatoms. The molecule has 0 bridgehead atoms. The topological polar surface area (TPSA) is 104 Å². The van der Waals surface area contributed by atoms with Gasteiger partial charge in [-0.1, -0.05) is 0 Å². The van der Waals surface area contributed by atoms with E-state index in [0.717, 1.165) is 0 Å². The molecule has 6 nitrogen and oxygen atoms in total. The summed E-state index contributed by atoms with van der Waals surface area (Å²) in [6, 6.07) is 5.11. The van der Waals surface area contributed by atoms with Crippen molar-refractivity contribution in [3.8, 4) is 5.75 Å². The molecule has 0 aromatic heterocycles. The van der Waals surface area contributed by atoms with E-state index < -0.39 is 32.2 Å². The van der Waals surface area contributed by atoms with Crippen molar-refractivity contribution in [2.75, 3.05) is 6.61 Å². The Morgan fingerprint density at radius 3 is 2.20 bits per heavy atom. The number of hydrogen-bond acceptors (Lipinski definition) is 3. The third kappa shape index (κ3) is 3.95. The molecule has 0 aliphatic heterocycles. The summed E-state index contributed by atoms with van der Waals surface area (Å²) >= 11 is -5.13. The van der Waals surface area contributed by atoms with Gasteiger partial charge in [0.1, 0.15) is 0 Å². The predicted octanol–water partition coefficient (Wildman–Crippen LogP) is -1.29. The second kappa shape index (κ2) is 4.70. The van der Waals surface area contributed by atoms with Gasteiger partial charge in [-0.05, 0) is 0 Å². The first kappa shape index (κ1) is 12.1. The summed E-state index contributed by atoms with van der Waals surface area (Å²) in [6.45, 7) is -0.484. The van der Waals surface area contributed by atoms with Gasteiger partial charge in [0.25, 0.3) is 0 Å². The van der Waals surface area contributed by atoms with Crippen LogP contribution >= 0.6 is 0 Å². The van der Waals surface area contributed by atoms with Crippen LogP contribution in [0.4, 0.5) is 0 Å². The molecule has 0 saturated carbocycles. The summed E-state index contributed by atoms with van der Waals surface area (Å²) < 4.78 is 33.3. The third-order valence-electron chi connectivity index (χ3n) is 1.54. The summed E-state index contributed by atoms with van der Waals surface area (Å²) in [4.78, 5) is 10.2. The van der Waals surface area contributed by atoms with E-state index in [1.807, 2.05) is 0 Å². The standard InChI is InChI=1S/C8H7O3.2H2O.O.Sb/c9-8(10)6-11-7-4-2-1-3-5-7;;;;/h2-5H,6H2,(H,9,10);2*1H2;;/q;;;;+2/p-2. The van der Waals surface area contributed by atoms with Crippen LogP contribution in [-0.2, 0) is 7.81 Å². The van der Waals surface area contributed by atoms with Crippen LogP contribution in [0.2, 0.25) is 0 Å². The molecule has 0 spiro atoms. The first-order chi connectivity index (χ1) is 6.89. The number of benzene rings is 1. The monoisotopic (exact) mass is 322 g/mol. The molecule has 0 aliphatic rings. The molecule has 0 radical (unpaired) electrons. The van der Waals surface area contributed by atoms with E-state index in [1.165, 1.54) is 24.3 Å². The summed E-state index contributed by atoms with van der Waals surface area (Å²) in [7, 11) is 0. The average Bonchev–Trinajstić information content (AvgIpc) is 2.14. The zero-order valence-electron chi connectivity index (χ0n) is 7.53. The minimum absolute atomic E-state index is 0.0452. The molecule has 0 unspecified atom stereocenters. The second-order valence-electron chi connectivity index (χ2n) is 2.72. The third-order valence-corrected chi connectivity index (χ3v) is 4.31. The fourth-order valence-corrected chi connectivity index (χ4v) is 2.42. The number of ether oxygens (including phenoxy) is 1. The Bertz CT molecular complexity index is 392. The number of hydrogen-bond donors (Lipinski definition) is 3. The van der Waals surface area contributed by atoms with E-state index in [-0.39, 0.29) is 9.26 Å². The first-order valence-corrected chi connectivity index (χ1v) is 8.50. The summed E-state index contributed by atoms with van der Waals surface area (Å²) in [5.74, 6) is -0.852. The van der Waals surface area contributed by atoms with Crippen molar-refractivity contribution < 1.29 is 24.4 Å². The molecule has 82 valence electrons. The molecule has 0 atom stereocenters. The normalized spacial score (nSPS) is 11.1. The van der Waals surface area contributed by atoms with Gasteiger partial charge in [0.15, 0.2) is 0 Å². The summed E-state index contributed by atoms with van der Waals surface area (Å²) in [5.41, 5.74) is 0. The van der Waals surface area contributed by atoms with Crippen LogP contribution in [0.1, 0.15) is 0 Å². The van der Waals surface area contributed by atoms with E-state index in [2.05, 4.69) is 0 Å². The number of aliphatic carboxylic acids is 1. The SMILES string of the molecule is O=C(O)COc1cc[c]([Sb](=[O])([OH])[OH])cc1. The second-order valence-corrected chi connectivity index (χ2v) is 7.30. The molecule has 1 rings (SSSR count). The van der Waals surface area contributed by atoms with Crippen molar-refractivity contribution in [2.45, 2.75) is 0 Å². The molecule has 0 aliphatic carbocycles. The van der Waals surface area contributed by atoms with E-state index in [1.54, 1.807) is 0 Å². The van der Waals surface area contributed by atoms with Crippen LogP contribution in [0.3, 0.4) is 0 Å². The van der Waals surface area contributed by atoms with Gasteiger partial charge in [-0.15, -0.1) is 0 Å². The Labute approximate surface area is 90.3 Å². The van der Waals surface area contributed by atoms with Crippen molar-refractivity contribution in [3.05, 3.63) is 24.3 Å². The fraction of sp³-hybridized carbons (Fsp3) is 0.125. The predicted molar refractivity (Wildman–Crippen MR) is 50.1 cm³/mol. The van der Waals surface area contributed by atoms with Crippen LogP contribution in [0.15, 0.2) is 24.3 Å². The van der Waals surface area contributed by atoms with Crippen molar-refractivity contribution in [2.24, 2.45) is 0 Å². The molecule has 0 fully saturated rings. The maximum absolute atomic E-state index is 10.9. The van der Waals surface area contributed by atoms with Crippen molar-refractivity contribution in [1.82, 2.24) is 0 Å². The molecular formula is C8H9O6Sb. The Morgan fingerprint density at radius 2 is 1.80 bits per heavy atom. The quantitative estimate of drug-likeness (QED) is 0.596. The van der Waals surface area contributed by atoms with Gasteiger partial charge in [-0.2, -0.15) is 0 Å². The number of rotatable bonds is 4. The number of carboxylic acid groups (broad SMARTS) is 1. The molecule has 3 N–H and O–H groups in total. The molecule has 1 aromatic rings. The van der Waals surface area contributed by atoms with Gasteiger partial charge < -0.3 is 0 Å². The van der Waals surface area contributed by atoms with E-state index in [9.17, 15) is 7.81 Å². The maximum atomic E-state index is 10.9. The van der Waals surface area contributed by atoms with Crippen LogP contribution in [0.25, 0.3) is 0 Å². The molecule has 15 heavy (non-hydrogen) atoms. The van der Waals surface area contributed by atoms with Gasteiger partial charge in [-0.3, -0.25) is 0 Å². The van der Waals surface area contributed by atoms with Crippen LogP contribution in [0.5, 0.6) is 5.75 Å². The summed E-state index contributed by atoms with van der Waals surface area (Å²) in [5, 5.41) is 8.31. The van der Waals surface area contributed by atoms with Crippen LogP contribution in [0, 0.1) is 0 Å². The van der Waals surface area contributed by atoms with Gasteiger partial charge in [0, 0.05) is 0 Å². The van der Waals surface area contributed by atoms with Gasteiger partial charge >= 0.3 is 90.2 Å². The zero-order chi connectivity index (χ0) is 11.5. The number of carboxylic acids is 1. The van der Waals surface area contributed by atoms with Crippen molar-refractivity contribution >= 4 is 29.1 Å².